The second-order valence-electron chi connectivity index (χ2n) is 3.33. The molecular weight excluding hydrogens is 150 g/mol. The van der Waals surface area contributed by atoms with Crippen molar-refractivity contribution in [3.8, 4) is 12.3 Å². The Morgan fingerprint density at radius 2 is 2.08 bits per heavy atom. The lowest BCUT2D eigenvalue weighted by Crippen LogP contribution is -2.42. The quantitative estimate of drug-likeness (QED) is 0.602. The number of rotatable bonds is 5. The van der Waals surface area contributed by atoms with Crippen LogP contribution in [0.2, 0.25) is 0 Å². The van der Waals surface area contributed by atoms with E-state index in [1.807, 2.05) is 6.92 Å². The van der Waals surface area contributed by atoms with Gasteiger partial charge in [-0.1, -0.05) is 26.7 Å². The van der Waals surface area contributed by atoms with Crippen molar-refractivity contribution in [2.75, 3.05) is 6.61 Å². The molecule has 2 nitrogen and oxygen atoms in total. The Morgan fingerprint density at radius 1 is 1.50 bits per heavy atom. The predicted molar refractivity (Wildman–Crippen MR) is 51.8 cm³/mol. The van der Waals surface area contributed by atoms with E-state index in [0.29, 0.717) is 5.92 Å². The molecule has 0 aliphatic carbocycles. The zero-order valence-corrected chi connectivity index (χ0v) is 8.17. The van der Waals surface area contributed by atoms with E-state index in [1.165, 1.54) is 0 Å². The van der Waals surface area contributed by atoms with Gasteiger partial charge in [0.2, 0.25) is 0 Å². The van der Waals surface area contributed by atoms with Gasteiger partial charge in [-0.2, -0.15) is 0 Å². The molecule has 2 N–H and O–H groups in total. The van der Waals surface area contributed by atoms with Gasteiger partial charge in [-0.15, -0.1) is 6.42 Å². The molecule has 0 heterocycles. The fourth-order valence-electron chi connectivity index (χ4n) is 0.998. The minimum atomic E-state index is 0.0875. The van der Waals surface area contributed by atoms with E-state index in [0.717, 1.165) is 6.42 Å². The van der Waals surface area contributed by atoms with Crippen LogP contribution in [0.1, 0.15) is 27.2 Å². The Morgan fingerprint density at radius 3 is 2.33 bits per heavy atom. The van der Waals surface area contributed by atoms with Crippen molar-refractivity contribution in [2.45, 2.75) is 39.3 Å². The van der Waals surface area contributed by atoms with Crippen LogP contribution in [0.5, 0.6) is 0 Å². The summed E-state index contributed by atoms with van der Waals surface area (Å²) in [4.78, 5) is 0. The van der Waals surface area contributed by atoms with Crippen molar-refractivity contribution in [1.29, 1.82) is 0 Å². The Hall–Kier alpha value is -0.520. The Bertz CT molecular complexity index is 148. The highest BCUT2D eigenvalue weighted by Crippen LogP contribution is 2.02. The van der Waals surface area contributed by atoms with Gasteiger partial charge in [-0.3, -0.25) is 5.32 Å². The van der Waals surface area contributed by atoms with Gasteiger partial charge in [0.05, 0.1) is 12.6 Å². The summed E-state index contributed by atoms with van der Waals surface area (Å²) < 4.78 is 0. The summed E-state index contributed by atoms with van der Waals surface area (Å²) in [6.45, 7) is 6.32. The molecule has 2 heteroatoms. The van der Waals surface area contributed by atoms with Crippen LogP contribution in [-0.4, -0.2) is 23.8 Å². The van der Waals surface area contributed by atoms with Crippen LogP contribution < -0.4 is 5.32 Å². The minimum absolute atomic E-state index is 0.0875. The summed E-state index contributed by atoms with van der Waals surface area (Å²) in [5.41, 5.74) is 0. The van der Waals surface area contributed by atoms with Gasteiger partial charge in [-0.05, 0) is 12.3 Å². The number of aliphatic hydroxyl groups excluding tert-OH is 1. The third kappa shape index (κ3) is 3.75. The zero-order valence-electron chi connectivity index (χ0n) is 8.17. The Kier molecular flexibility index (Phi) is 5.79. The van der Waals surface area contributed by atoms with Crippen LogP contribution >= 0.6 is 0 Å². The van der Waals surface area contributed by atoms with E-state index >= 15 is 0 Å². The molecule has 0 spiro atoms. The predicted octanol–water partition coefficient (Wildman–Crippen LogP) is 1.00. The maximum Gasteiger partial charge on any atom is 0.0687 e. The fraction of sp³-hybridized carbons (Fsp3) is 0.800. The highest BCUT2D eigenvalue weighted by Gasteiger charge is 2.14. The monoisotopic (exact) mass is 169 g/mol. The molecule has 12 heavy (non-hydrogen) atoms. The second kappa shape index (κ2) is 6.05. The van der Waals surface area contributed by atoms with E-state index in [4.69, 9.17) is 11.5 Å². The molecule has 0 saturated heterocycles. The van der Waals surface area contributed by atoms with E-state index in [2.05, 4.69) is 25.1 Å². The van der Waals surface area contributed by atoms with Crippen LogP contribution in [0, 0.1) is 18.3 Å². The molecule has 0 saturated carbocycles. The van der Waals surface area contributed by atoms with E-state index in [9.17, 15) is 0 Å². The lowest BCUT2D eigenvalue weighted by Gasteiger charge is -2.23. The number of hydrogen-bond acceptors (Lipinski definition) is 2. The van der Waals surface area contributed by atoms with Crippen LogP contribution in [0.4, 0.5) is 0 Å². The summed E-state index contributed by atoms with van der Waals surface area (Å²) in [6.07, 6.45) is 6.19. The Labute approximate surface area is 75.4 Å². The average molecular weight is 169 g/mol. The molecule has 70 valence electrons. The largest absolute Gasteiger partial charge is 0.395 e. The van der Waals surface area contributed by atoms with E-state index in [-0.39, 0.29) is 18.7 Å². The molecule has 0 radical (unpaired) electrons. The molecule has 0 aromatic carbocycles. The van der Waals surface area contributed by atoms with Crippen molar-refractivity contribution >= 4 is 0 Å². The molecule has 0 aliphatic heterocycles. The molecule has 0 aromatic heterocycles. The summed E-state index contributed by atoms with van der Waals surface area (Å²) in [5.74, 6) is 3.06. The summed E-state index contributed by atoms with van der Waals surface area (Å²) in [7, 11) is 0. The molecule has 0 amide bonds. The van der Waals surface area contributed by atoms with Crippen LogP contribution in [0.15, 0.2) is 0 Å². The summed E-state index contributed by atoms with van der Waals surface area (Å²) >= 11 is 0. The zero-order chi connectivity index (χ0) is 9.56. The standard InChI is InChI=1S/C10H19NO/c1-5-9(6-2)11-10(7-12)8(3)4/h1,8-12H,6-7H2,2-4H3. The van der Waals surface area contributed by atoms with Crippen LogP contribution in [0.3, 0.4) is 0 Å². The molecule has 0 bridgehead atoms. The highest BCUT2D eigenvalue weighted by atomic mass is 16.3. The second-order valence-corrected chi connectivity index (χ2v) is 3.33. The third-order valence-corrected chi connectivity index (χ3v) is 2.03. The lowest BCUT2D eigenvalue weighted by atomic mass is 10.0. The topological polar surface area (TPSA) is 32.3 Å². The molecule has 2 atom stereocenters. The van der Waals surface area contributed by atoms with Gasteiger partial charge in [0.25, 0.3) is 0 Å². The maximum atomic E-state index is 9.01. The first-order valence-electron chi connectivity index (χ1n) is 4.48. The van der Waals surface area contributed by atoms with Crippen molar-refractivity contribution in [3.63, 3.8) is 0 Å². The number of nitrogens with one attached hydrogen (secondary N) is 1. The summed E-state index contributed by atoms with van der Waals surface area (Å²) in [6, 6.07) is 0.204. The number of hydrogen-bond donors (Lipinski definition) is 2. The van der Waals surface area contributed by atoms with Gasteiger partial charge in [-0.25, -0.2) is 0 Å². The summed E-state index contributed by atoms with van der Waals surface area (Å²) in [5, 5.41) is 12.2. The molecular formula is C10H19NO. The van der Waals surface area contributed by atoms with Crippen LogP contribution in [0.25, 0.3) is 0 Å². The van der Waals surface area contributed by atoms with E-state index < -0.39 is 0 Å². The first kappa shape index (κ1) is 11.5. The fourth-order valence-corrected chi connectivity index (χ4v) is 0.998. The lowest BCUT2D eigenvalue weighted by molar-refractivity contribution is 0.205. The number of terminal acetylenes is 1. The van der Waals surface area contributed by atoms with E-state index in [1.54, 1.807) is 0 Å². The number of aliphatic hydroxyl groups is 1. The van der Waals surface area contributed by atoms with Gasteiger partial charge >= 0.3 is 0 Å². The van der Waals surface area contributed by atoms with Gasteiger partial charge < -0.3 is 5.11 Å². The van der Waals surface area contributed by atoms with Gasteiger partial charge in [0, 0.05) is 6.04 Å². The van der Waals surface area contributed by atoms with Gasteiger partial charge in [0.1, 0.15) is 0 Å². The molecule has 0 aromatic rings. The van der Waals surface area contributed by atoms with Gasteiger partial charge in [0.15, 0.2) is 0 Å². The maximum absolute atomic E-state index is 9.01. The smallest absolute Gasteiger partial charge is 0.0687 e. The van der Waals surface area contributed by atoms with Crippen molar-refractivity contribution < 1.29 is 5.11 Å². The third-order valence-electron chi connectivity index (χ3n) is 2.03. The molecule has 2 unspecified atom stereocenters. The molecule has 0 rings (SSSR count). The normalized spacial score (nSPS) is 15.7. The highest BCUT2D eigenvalue weighted by molar-refractivity contribution is 4.99. The minimum Gasteiger partial charge on any atom is -0.395 e. The first-order valence-corrected chi connectivity index (χ1v) is 4.48. The molecule has 0 aliphatic rings. The SMILES string of the molecule is C#CC(CC)NC(CO)C(C)C. The van der Waals surface area contributed by atoms with Crippen molar-refractivity contribution in [2.24, 2.45) is 5.92 Å². The average Bonchev–Trinajstić information content (AvgIpc) is 2.06. The first-order chi connectivity index (χ1) is 5.65. The van der Waals surface area contributed by atoms with Crippen LogP contribution in [-0.2, 0) is 0 Å². The van der Waals surface area contributed by atoms with Crippen molar-refractivity contribution in [3.05, 3.63) is 0 Å². The Balaban J connectivity index is 3.93. The van der Waals surface area contributed by atoms with Crippen molar-refractivity contribution in [1.82, 2.24) is 5.32 Å². The molecule has 0 fully saturated rings.